The van der Waals surface area contributed by atoms with E-state index in [2.05, 4.69) is 15.5 Å². The van der Waals surface area contributed by atoms with Crippen LogP contribution in [0.1, 0.15) is 58.3 Å². The summed E-state index contributed by atoms with van der Waals surface area (Å²) in [6, 6.07) is 9.92. The fourth-order valence-corrected chi connectivity index (χ4v) is 3.06. The summed E-state index contributed by atoms with van der Waals surface area (Å²) in [5, 5.41) is 11.3. The maximum absolute atomic E-state index is 11.9. The third-order valence-corrected chi connectivity index (χ3v) is 4.26. The normalized spacial score (nSPS) is 20.9. The van der Waals surface area contributed by atoms with Gasteiger partial charge in [0.05, 0.1) is 0 Å². The zero-order valence-corrected chi connectivity index (χ0v) is 15.0. The predicted molar refractivity (Wildman–Crippen MR) is 94.1 cm³/mol. The van der Waals surface area contributed by atoms with Crippen molar-refractivity contribution in [3.8, 4) is 11.5 Å². The second kappa shape index (κ2) is 7.25. The van der Waals surface area contributed by atoms with Crippen LogP contribution in [0.25, 0.3) is 11.5 Å². The van der Waals surface area contributed by atoms with E-state index in [1.807, 2.05) is 51.1 Å². The van der Waals surface area contributed by atoms with E-state index in [0.717, 1.165) is 31.2 Å². The molecule has 25 heavy (non-hydrogen) atoms. The number of rotatable bonds is 3. The monoisotopic (exact) mass is 343 g/mol. The van der Waals surface area contributed by atoms with E-state index in [1.54, 1.807) is 0 Å². The van der Waals surface area contributed by atoms with Gasteiger partial charge in [-0.1, -0.05) is 18.2 Å². The van der Waals surface area contributed by atoms with E-state index in [1.165, 1.54) is 0 Å². The van der Waals surface area contributed by atoms with Crippen LogP contribution in [0.15, 0.2) is 34.7 Å². The van der Waals surface area contributed by atoms with Crippen molar-refractivity contribution in [2.75, 3.05) is 0 Å². The summed E-state index contributed by atoms with van der Waals surface area (Å²) >= 11 is 0. The van der Waals surface area contributed by atoms with Crippen molar-refractivity contribution in [2.45, 2.75) is 64.0 Å². The van der Waals surface area contributed by atoms with Crippen LogP contribution in [0.5, 0.6) is 0 Å². The van der Waals surface area contributed by atoms with Gasteiger partial charge in [0, 0.05) is 17.5 Å². The molecule has 1 aliphatic rings. The number of carbonyl (C=O) groups is 1. The first-order valence-corrected chi connectivity index (χ1v) is 8.79. The zero-order valence-electron chi connectivity index (χ0n) is 15.0. The second-order valence-corrected chi connectivity index (χ2v) is 7.51. The molecule has 0 aliphatic heterocycles. The maximum Gasteiger partial charge on any atom is 0.407 e. The zero-order chi connectivity index (χ0) is 17.9. The number of hydrogen-bond donors (Lipinski definition) is 1. The van der Waals surface area contributed by atoms with Crippen molar-refractivity contribution in [3.63, 3.8) is 0 Å². The van der Waals surface area contributed by atoms with Gasteiger partial charge >= 0.3 is 6.09 Å². The molecule has 0 radical (unpaired) electrons. The Balaban J connectivity index is 1.53. The van der Waals surface area contributed by atoms with E-state index in [4.69, 9.17) is 9.15 Å². The molecule has 0 spiro atoms. The highest BCUT2D eigenvalue weighted by molar-refractivity contribution is 5.68. The van der Waals surface area contributed by atoms with Gasteiger partial charge in [-0.3, -0.25) is 0 Å². The highest BCUT2D eigenvalue weighted by Gasteiger charge is 2.28. The summed E-state index contributed by atoms with van der Waals surface area (Å²) < 4.78 is 11.2. The number of benzene rings is 1. The van der Waals surface area contributed by atoms with Crippen LogP contribution in [0, 0.1) is 0 Å². The van der Waals surface area contributed by atoms with E-state index >= 15 is 0 Å². The molecule has 6 nitrogen and oxygen atoms in total. The number of aromatic nitrogens is 2. The SMILES string of the molecule is CC(C)(C)OC(=O)NC1CCC(c2nnc(-c3ccccc3)o2)CC1. The van der Waals surface area contributed by atoms with Crippen LogP contribution in [-0.2, 0) is 4.74 Å². The van der Waals surface area contributed by atoms with Gasteiger partial charge < -0.3 is 14.5 Å². The Bertz CT molecular complexity index is 698. The Morgan fingerprint density at radius 2 is 1.80 bits per heavy atom. The second-order valence-electron chi connectivity index (χ2n) is 7.51. The molecule has 3 rings (SSSR count). The predicted octanol–water partition coefficient (Wildman–Crippen LogP) is 4.29. The topological polar surface area (TPSA) is 77.2 Å². The van der Waals surface area contributed by atoms with Gasteiger partial charge in [0.1, 0.15) is 5.60 Å². The fraction of sp³-hybridized carbons (Fsp3) is 0.526. The van der Waals surface area contributed by atoms with Crippen LogP contribution in [0.3, 0.4) is 0 Å². The van der Waals surface area contributed by atoms with Gasteiger partial charge in [-0.05, 0) is 58.6 Å². The number of amides is 1. The molecule has 1 fully saturated rings. The summed E-state index contributed by atoms with van der Waals surface area (Å²) in [6.45, 7) is 5.59. The molecule has 1 amide bonds. The number of ether oxygens (including phenoxy) is 1. The molecule has 1 aliphatic carbocycles. The highest BCUT2D eigenvalue weighted by atomic mass is 16.6. The third-order valence-electron chi connectivity index (χ3n) is 4.26. The lowest BCUT2D eigenvalue weighted by Crippen LogP contribution is -2.40. The van der Waals surface area contributed by atoms with Crippen LogP contribution >= 0.6 is 0 Å². The molecule has 2 aromatic rings. The summed E-state index contributed by atoms with van der Waals surface area (Å²) in [7, 11) is 0. The first-order chi connectivity index (χ1) is 11.9. The van der Waals surface area contributed by atoms with Crippen molar-refractivity contribution in [1.29, 1.82) is 0 Å². The summed E-state index contributed by atoms with van der Waals surface area (Å²) in [5.74, 6) is 1.50. The molecule has 1 heterocycles. The Morgan fingerprint density at radius 3 is 2.44 bits per heavy atom. The van der Waals surface area contributed by atoms with Crippen molar-refractivity contribution in [2.24, 2.45) is 0 Å². The molecule has 0 saturated heterocycles. The van der Waals surface area contributed by atoms with Crippen LogP contribution < -0.4 is 5.32 Å². The minimum absolute atomic E-state index is 0.141. The van der Waals surface area contributed by atoms with Crippen molar-refractivity contribution < 1.29 is 13.9 Å². The Labute approximate surface area is 148 Å². The van der Waals surface area contributed by atoms with Crippen LogP contribution in [-0.4, -0.2) is 27.9 Å². The third kappa shape index (κ3) is 4.81. The minimum Gasteiger partial charge on any atom is -0.444 e. The molecular formula is C19H25N3O3. The Kier molecular flexibility index (Phi) is 5.06. The molecule has 134 valence electrons. The molecule has 0 bridgehead atoms. The maximum atomic E-state index is 11.9. The summed E-state index contributed by atoms with van der Waals surface area (Å²) in [4.78, 5) is 11.9. The van der Waals surface area contributed by atoms with E-state index < -0.39 is 5.60 Å². The lowest BCUT2D eigenvalue weighted by Gasteiger charge is -2.28. The van der Waals surface area contributed by atoms with Gasteiger partial charge in [-0.15, -0.1) is 10.2 Å². The molecule has 1 saturated carbocycles. The smallest absolute Gasteiger partial charge is 0.407 e. The van der Waals surface area contributed by atoms with E-state index in [9.17, 15) is 4.79 Å². The molecule has 1 aromatic carbocycles. The standard InChI is InChI=1S/C19H25N3O3/c1-19(2,3)25-18(23)20-15-11-9-14(10-12-15)17-22-21-16(24-17)13-7-5-4-6-8-13/h4-8,14-15H,9-12H2,1-3H3,(H,20,23). The van der Waals surface area contributed by atoms with Crippen molar-refractivity contribution in [1.82, 2.24) is 15.5 Å². The fourth-order valence-electron chi connectivity index (χ4n) is 3.06. The van der Waals surface area contributed by atoms with Gasteiger partial charge in [0.25, 0.3) is 0 Å². The Morgan fingerprint density at radius 1 is 1.12 bits per heavy atom. The molecule has 1 aromatic heterocycles. The number of nitrogens with one attached hydrogen (secondary N) is 1. The number of alkyl carbamates (subject to hydrolysis) is 1. The highest BCUT2D eigenvalue weighted by Crippen LogP contribution is 2.33. The van der Waals surface area contributed by atoms with Gasteiger partial charge in [-0.2, -0.15) is 0 Å². The average Bonchev–Trinajstić information content (AvgIpc) is 3.04. The van der Waals surface area contributed by atoms with Gasteiger partial charge in [0.2, 0.25) is 11.8 Å². The molecule has 0 atom stereocenters. The summed E-state index contributed by atoms with van der Waals surface area (Å²) in [6.07, 6.45) is 3.24. The number of hydrogen-bond acceptors (Lipinski definition) is 5. The Hall–Kier alpha value is -2.37. The number of carbonyl (C=O) groups excluding carboxylic acids is 1. The van der Waals surface area contributed by atoms with E-state index in [-0.39, 0.29) is 18.1 Å². The quantitative estimate of drug-likeness (QED) is 0.899. The molecule has 0 unspecified atom stereocenters. The largest absolute Gasteiger partial charge is 0.444 e. The van der Waals surface area contributed by atoms with Crippen LogP contribution in [0.4, 0.5) is 4.79 Å². The average molecular weight is 343 g/mol. The number of nitrogens with zero attached hydrogens (tertiary/aromatic N) is 2. The van der Waals surface area contributed by atoms with E-state index in [0.29, 0.717) is 11.8 Å². The van der Waals surface area contributed by atoms with Gasteiger partial charge in [-0.25, -0.2) is 4.79 Å². The molecule has 6 heteroatoms. The van der Waals surface area contributed by atoms with Crippen molar-refractivity contribution in [3.05, 3.63) is 36.2 Å². The lowest BCUT2D eigenvalue weighted by molar-refractivity contribution is 0.0490. The van der Waals surface area contributed by atoms with Crippen molar-refractivity contribution >= 4 is 6.09 Å². The summed E-state index contributed by atoms with van der Waals surface area (Å²) in [5.41, 5.74) is 0.459. The van der Waals surface area contributed by atoms with Crippen LogP contribution in [0.2, 0.25) is 0 Å². The van der Waals surface area contributed by atoms with Gasteiger partial charge in [0.15, 0.2) is 0 Å². The first-order valence-electron chi connectivity index (χ1n) is 8.79. The minimum atomic E-state index is -0.473. The molecule has 1 N–H and O–H groups in total. The molecular weight excluding hydrogens is 318 g/mol. The lowest BCUT2D eigenvalue weighted by atomic mass is 9.86. The first kappa shape index (κ1) is 17.5.